The van der Waals surface area contributed by atoms with Crippen LogP contribution in [0, 0.1) is 26.7 Å². The zero-order chi connectivity index (χ0) is 19.5. The summed E-state index contributed by atoms with van der Waals surface area (Å²) in [6.45, 7) is 12.0. The van der Waals surface area contributed by atoms with Gasteiger partial charge in [-0.05, 0) is 74.6 Å². The molecule has 140 valence electrons. The van der Waals surface area contributed by atoms with E-state index >= 15 is 0 Å². The van der Waals surface area contributed by atoms with Crippen molar-refractivity contribution >= 4 is 16.1 Å². The molecule has 0 bridgehead atoms. The highest BCUT2D eigenvalue weighted by Gasteiger charge is 2.35. The van der Waals surface area contributed by atoms with Crippen LogP contribution in [0.5, 0.6) is 0 Å². The molecule has 2 aromatic rings. The van der Waals surface area contributed by atoms with Gasteiger partial charge in [0.2, 0.25) is 9.84 Å². The Labute approximate surface area is 158 Å². The van der Waals surface area contributed by atoms with E-state index in [-0.39, 0.29) is 11.8 Å². The van der Waals surface area contributed by atoms with E-state index in [0.717, 1.165) is 5.56 Å². The molecule has 26 heavy (non-hydrogen) atoms. The number of rotatable bonds is 6. The van der Waals surface area contributed by atoms with E-state index in [1.165, 1.54) is 16.7 Å². The third kappa shape index (κ3) is 4.07. The molecule has 0 saturated carbocycles. The Morgan fingerprint density at radius 1 is 0.962 bits per heavy atom. The third-order valence-corrected chi connectivity index (χ3v) is 7.46. The number of hydrogen-bond acceptors (Lipinski definition) is 3. The SMILES string of the molecule is CC=NC(C(C)C(C)c1cccc(C)c1C)S(=O)(=O)c1ccc(C)cc1. The van der Waals surface area contributed by atoms with Crippen LogP contribution >= 0.6 is 0 Å². The van der Waals surface area contributed by atoms with Crippen LogP contribution < -0.4 is 0 Å². The molecule has 0 radical (unpaired) electrons. The zero-order valence-corrected chi connectivity index (χ0v) is 17.3. The van der Waals surface area contributed by atoms with E-state index in [1.54, 1.807) is 25.3 Å². The molecule has 2 rings (SSSR count). The van der Waals surface area contributed by atoms with Crippen molar-refractivity contribution in [3.05, 3.63) is 64.7 Å². The largest absolute Gasteiger partial charge is 0.278 e. The summed E-state index contributed by atoms with van der Waals surface area (Å²) in [5.41, 5.74) is 4.67. The van der Waals surface area contributed by atoms with E-state index in [9.17, 15) is 8.42 Å². The second-order valence-corrected chi connectivity index (χ2v) is 9.14. The van der Waals surface area contributed by atoms with Crippen molar-refractivity contribution in [1.29, 1.82) is 0 Å². The van der Waals surface area contributed by atoms with E-state index in [2.05, 4.69) is 37.9 Å². The number of aryl methyl sites for hydroxylation is 2. The Hall–Kier alpha value is -1.94. The summed E-state index contributed by atoms with van der Waals surface area (Å²) >= 11 is 0. The van der Waals surface area contributed by atoms with Crippen LogP contribution in [-0.4, -0.2) is 20.0 Å². The number of hydrogen-bond donors (Lipinski definition) is 0. The summed E-state index contributed by atoms with van der Waals surface area (Å²) in [7, 11) is -3.55. The minimum atomic E-state index is -3.55. The highest BCUT2D eigenvalue weighted by molar-refractivity contribution is 7.92. The van der Waals surface area contributed by atoms with E-state index < -0.39 is 15.2 Å². The lowest BCUT2D eigenvalue weighted by Gasteiger charge is -2.28. The molecule has 0 aliphatic carbocycles. The van der Waals surface area contributed by atoms with Crippen LogP contribution in [0.4, 0.5) is 0 Å². The van der Waals surface area contributed by atoms with Crippen LogP contribution in [0.1, 0.15) is 48.9 Å². The smallest absolute Gasteiger partial charge is 0.201 e. The molecule has 0 aliphatic rings. The van der Waals surface area contributed by atoms with Crippen molar-refractivity contribution in [2.45, 2.75) is 57.7 Å². The lowest BCUT2D eigenvalue weighted by molar-refractivity contribution is 0.450. The molecule has 3 nitrogen and oxygen atoms in total. The maximum atomic E-state index is 13.2. The van der Waals surface area contributed by atoms with Crippen molar-refractivity contribution in [3.8, 4) is 0 Å². The van der Waals surface area contributed by atoms with Crippen molar-refractivity contribution < 1.29 is 8.42 Å². The zero-order valence-electron chi connectivity index (χ0n) is 16.5. The molecule has 0 aliphatic heterocycles. The predicted molar refractivity (Wildman–Crippen MR) is 110 cm³/mol. The Bertz CT molecular complexity index is 883. The average Bonchev–Trinajstić information content (AvgIpc) is 2.61. The fraction of sp³-hybridized carbons (Fsp3) is 0.409. The van der Waals surface area contributed by atoms with Gasteiger partial charge < -0.3 is 0 Å². The van der Waals surface area contributed by atoms with Gasteiger partial charge >= 0.3 is 0 Å². The quantitative estimate of drug-likeness (QED) is 0.652. The van der Waals surface area contributed by atoms with Gasteiger partial charge in [0, 0.05) is 0 Å². The van der Waals surface area contributed by atoms with Gasteiger partial charge in [0.05, 0.1) is 4.90 Å². The second-order valence-electron chi connectivity index (χ2n) is 7.09. The Morgan fingerprint density at radius 2 is 1.58 bits per heavy atom. The van der Waals surface area contributed by atoms with E-state index in [4.69, 9.17) is 0 Å². The molecular weight excluding hydrogens is 342 g/mol. The topological polar surface area (TPSA) is 46.5 Å². The van der Waals surface area contributed by atoms with Crippen molar-refractivity contribution in [1.82, 2.24) is 0 Å². The minimum absolute atomic E-state index is 0.0730. The van der Waals surface area contributed by atoms with Gasteiger partial charge in [0.1, 0.15) is 0 Å². The van der Waals surface area contributed by atoms with Crippen molar-refractivity contribution in [3.63, 3.8) is 0 Å². The molecule has 3 unspecified atom stereocenters. The van der Waals surface area contributed by atoms with Crippen LogP contribution in [-0.2, 0) is 9.84 Å². The fourth-order valence-electron chi connectivity index (χ4n) is 3.31. The van der Waals surface area contributed by atoms with Gasteiger partial charge in [-0.25, -0.2) is 8.42 Å². The number of sulfone groups is 1. The predicted octanol–water partition coefficient (Wildman–Crippen LogP) is 5.24. The highest BCUT2D eigenvalue weighted by Crippen LogP contribution is 2.35. The second kappa shape index (κ2) is 8.17. The average molecular weight is 372 g/mol. The standard InChI is InChI=1S/C22H29NO2S/c1-7-23-22(26(24,25)20-13-11-15(2)12-14-20)19(6)18(5)21-10-8-9-16(3)17(21)4/h7-14,18-19,22H,1-6H3. The molecular formula is C22H29NO2S. The monoisotopic (exact) mass is 371 g/mol. The number of nitrogens with zero attached hydrogens (tertiary/aromatic N) is 1. The van der Waals surface area contributed by atoms with Crippen molar-refractivity contribution in [2.75, 3.05) is 0 Å². The first-order chi connectivity index (χ1) is 12.2. The van der Waals surface area contributed by atoms with Crippen LogP contribution in [0.2, 0.25) is 0 Å². The summed E-state index contributed by atoms with van der Waals surface area (Å²) < 4.78 is 26.5. The molecule has 0 N–H and O–H groups in total. The Kier molecular flexibility index (Phi) is 6.40. The molecule has 0 saturated heterocycles. The van der Waals surface area contributed by atoms with Gasteiger partial charge in [-0.2, -0.15) is 0 Å². The molecule has 0 heterocycles. The molecule has 3 atom stereocenters. The molecule has 0 fully saturated rings. The number of benzene rings is 2. The minimum Gasteiger partial charge on any atom is -0.278 e. The number of aliphatic imine (C=N–C) groups is 1. The lowest BCUT2D eigenvalue weighted by atomic mass is 9.85. The van der Waals surface area contributed by atoms with Crippen molar-refractivity contribution in [2.24, 2.45) is 10.9 Å². The molecule has 0 amide bonds. The lowest BCUT2D eigenvalue weighted by Crippen LogP contribution is -2.30. The van der Waals surface area contributed by atoms with E-state index in [0.29, 0.717) is 4.90 Å². The first kappa shape index (κ1) is 20.4. The molecule has 2 aromatic carbocycles. The van der Waals surface area contributed by atoms with E-state index in [1.807, 2.05) is 32.0 Å². The fourth-order valence-corrected chi connectivity index (χ4v) is 5.19. The summed E-state index contributed by atoms with van der Waals surface area (Å²) in [6.07, 6.45) is 1.60. The summed E-state index contributed by atoms with van der Waals surface area (Å²) in [5.74, 6) is -0.0816. The van der Waals surface area contributed by atoms with Gasteiger partial charge in [0.25, 0.3) is 0 Å². The normalized spacial score (nSPS) is 15.8. The first-order valence-electron chi connectivity index (χ1n) is 9.04. The van der Waals surface area contributed by atoms with Gasteiger partial charge in [-0.1, -0.05) is 49.7 Å². The third-order valence-electron chi connectivity index (χ3n) is 5.34. The van der Waals surface area contributed by atoms with Crippen LogP contribution in [0.3, 0.4) is 0 Å². The van der Waals surface area contributed by atoms with Crippen LogP contribution in [0.25, 0.3) is 0 Å². The molecule has 0 spiro atoms. The molecule has 4 heteroatoms. The summed E-state index contributed by atoms with van der Waals surface area (Å²) in [4.78, 5) is 4.71. The van der Waals surface area contributed by atoms with Gasteiger partial charge in [0.15, 0.2) is 5.37 Å². The Morgan fingerprint density at radius 3 is 2.15 bits per heavy atom. The van der Waals surface area contributed by atoms with Gasteiger partial charge in [-0.15, -0.1) is 0 Å². The first-order valence-corrected chi connectivity index (χ1v) is 10.6. The Balaban J connectivity index is 2.45. The maximum Gasteiger partial charge on any atom is 0.201 e. The highest BCUT2D eigenvalue weighted by atomic mass is 32.2. The van der Waals surface area contributed by atoms with Crippen LogP contribution in [0.15, 0.2) is 52.4 Å². The van der Waals surface area contributed by atoms with Gasteiger partial charge in [-0.3, -0.25) is 4.99 Å². The summed E-state index contributed by atoms with van der Waals surface area (Å²) in [6, 6.07) is 13.2. The molecule has 0 aromatic heterocycles. The maximum absolute atomic E-state index is 13.2. The summed E-state index contributed by atoms with van der Waals surface area (Å²) in [5, 5.41) is -0.801.